The highest BCUT2D eigenvalue weighted by Gasteiger charge is 2.17. The average molecular weight is 483 g/mol. The molecular weight excluding hydrogens is 456 g/mol. The SMILES string of the molecule is CCOCCCn1c(NC(=O)c2cccc(-c3ccncc3)c2)nc2cc3[nH]c(=O)c(C)nc3cc21. The van der Waals surface area contributed by atoms with Crippen molar-refractivity contribution in [1.82, 2.24) is 24.5 Å². The van der Waals surface area contributed by atoms with Crippen LogP contribution in [0.2, 0.25) is 0 Å². The summed E-state index contributed by atoms with van der Waals surface area (Å²) in [5.41, 5.74) is 5.31. The number of H-pyrrole nitrogens is 1. The number of nitrogens with one attached hydrogen (secondary N) is 2. The Bertz CT molecular complexity index is 1610. The summed E-state index contributed by atoms with van der Waals surface area (Å²) in [5.74, 6) is 0.161. The second kappa shape index (κ2) is 10.1. The van der Waals surface area contributed by atoms with Crippen LogP contribution < -0.4 is 10.9 Å². The molecule has 0 saturated heterocycles. The van der Waals surface area contributed by atoms with Crippen molar-refractivity contribution >= 4 is 33.9 Å². The summed E-state index contributed by atoms with van der Waals surface area (Å²) < 4.78 is 7.47. The fourth-order valence-corrected chi connectivity index (χ4v) is 4.15. The molecule has 9 nitrogen and oxygen atoms in total. The second-order valence-corrected chi connectivity index (χ2v) is 8.42. The zero-order chi connectivity index (χ0) is 25.1. The molecule has 0 aliphatic carbocycles. The number of nitrogens with zero attached hydrogens (tertiary/aromatic N) is 4. The molecule has 5 rings (SSSR count). The van der Waals surface area contributed by atoms with Gasteiger partial charge in [0.05, 0.1) is 22.1 Å². The third-order valence-corrected chi connectivity index (χ3v) is 5.97. The first-order valence-corrected chi connectivity index (χ1v) is 11.8. The Kier molecular flexibility index (Phi) is 6.55. The summed E-state index contributed by atoms with van der Waals surface area (Å²) >= 11 is 0. The van der Waals surface area contributed by atoms with Crippen molar-refractivity contribution in [3.8, 4) is 11.1 Å². The molecule has 0 spiro atoms. The minimum atomic E-state index is -0.265. The van der Waals surface area contributed by atoms with Gasteiger partial charge in [-0.3, -0.25) is 19.9 Å². The van der Waals surface area contributed by atoms with E-state index in [-0.39, 0.29) is 11.5 Å². The highest BCUT2D eigenvalue weighted by Crippen LogP contribution is 2.25. The fourth-order valence-electron chi connectivity index (χ4n) is 4.15. The summed E-state index contributed by atoms with van der Waals surface area (Å²) in [5, 5.41) is 2.98. The molecule has 182 valence electrons. The van der Waals surface area contributed by atoms with Gasteiger partial charge in [-0.25, -0.2) is 9.97 Å². The number of benzene rings is 2. The summed E-state index contributed by atoms with van der Waals surface area (Å²) in [6.07, 6.45) is 4.19. The summed E-state index contributed by atoms with van der Waals surface area (Å²) in [6.45, 7) is 5.46. The highest BCUT2D eigenvalue weighted by atomic mass is 16.5. The van der Waals surface area contributed by atoms with E-state index in [0.29, 0.717) is 53.5 Å². The summed E-state index contributed by atoms with van der Waals surface area (Å²) in [4.78, 5) is 41.4. The first-order valence-electron chi connectivity index (χ1n) is 11.8. The molecule has 3 aromatic heterocycles. The average Bonchev–Trinajstić information content (AvgIpc) is 3.22. The Balaban J connectivity index is 1.52. The van der Waals surface area contributed by atoms with Crippen LogP contribution >= 0.6 is 0 Å². The van der Waals surface area contributed by atoms with Gasteiger partial charge in [-0.05, 0) is 67.8 Å². The van der Waals surface area contributed by atoms with Crippen molar-refractivity contribution < 1.29 is 9.53 Å². The Hall–Kier alpha value is -4.37. The van der Waals surface area contributed by atoms with Crippen LogP contribution in [0, 0.1) is 6.92 Å². The van der Waals surface area contributed by atoms with E-state index in [1.807, 2.05) is 47.9 Å². The molecule has 9 heteroatoms. The standard InChI is InChI=1S/C27H26N6O3/c1-3-36-13-5-12-33-24-16-22-21(30-25(34)17(2)29-22)15-23(24)31-27(33)32-26(35)20-7-4-6-19(14-20)18-8-10-28-11-9-18/h4,6-11,14-16H,3,5,12-13H2,1-2H3,(H,30,34)(H,31,32,35). The van der Waals surface area contributed by atoms with E-state index in [2.05, 4.69) is 20.3 Å². The number of amides is 1. The first-order chi connectivity index (χ1) is 17.5. The van der Waals surface area contributed by atoms with E-state index < -0.39 is 0 Å². The number of pyridine rings is 1. The molecule has 3 heterocycles. The monoisotopic (exact) mass is 482 g/mol. The van der Waals surface area contributed by atoms with E-state index >= 15 is 0 Å². The summed E-state index contributed by atoms with van der Waals surface area (Å²) in [6, 6.07) is 14.9. The lowest BCUT2D eigenvalue weighted by Crippen LogP contribution is -2.16. The van der Waals surface area contributed by atoms with E-state index in [1.165, 1.54) is 0 Å². The van der Waals surface area contributed by atoms with Gasteiger partial charge in [0.2, 0.25) is 5.95 Å². The third-order valence-electron chi connectivity index (χ3n) is 5.97. The first kappa shape index (κ1) is 23.4. The molecule has 1 amide bonds. The number of carbonyl (C=O) groups is 1. The van der Waals surface area contributed by atoms with Gasteiger partial charge in [0.15, 0.2) is 0 Å². The second-order valence-electron chi connectivity index (χ2n) is 8.42. The number of fused-ring (bicyclic) bond motifs is 2. The van der Waals surface area contributed by atoms with Crippen LogP contribution in [0.3, 0.4) is 0 Å². The zero-order valence-electron chi connectivity index (χ0n) is 20.1. The van der Waals surface area contributed by atoms with Gasteiger partial charge < -0.3 is 14.3 Å². The van der Waals surface area contributed by atoms with Crippen LogP contribution in [-0.2, 0) is 11.3 Å². The minimum Gasteiger partial charge on any atom is -0.382 e. The largest absolute Gasteiger partial charge is 0.382 e. The molecule has 0 aliphatic heterocycles. The van der Waals surface area contributed by atoms with Crippen LogP contribution in [0.25, 0.3) is 33.2 Å². The number of ether oxygens (including phenoxy) is 1. The van der Waals surface area contributed by atoms with Crippen molar-refractivity contribution in [2.75, 3.05) is 18.5 Å². The highest BCUT2D eigenvalue weighted by molar-refractivity contribution is 6.05. The molecule has 36 heavy (non-hydrogen) atoms. The van der Waals surface area contributed by atoms with Crippen molar-refractivity contribution in [3.05, 3.63) is 82.5 Å². The molecule has 0 saturated carbocycles. The minimum absolute atomic E-state index is 0.236. The quantitative estimate of drug-likeness (QED) is 0.318. The van der Waals surface area contributed by atoms with Crippen LogP contribution in [0.1, 0.15) is 29.4 Å². The zero-order valence-corrected chi connectivity index (χ0v) is 20.1. The predicted octanol–water partition coefficient (Wildman–Crippen LogP) is 4.32. The van der Waals surface area contributed by atoms with Crippen LogP contribution in [0.5, 0.6) is 0 Å². The molecule has 0 bridgehead atoms. The number of aryl methyl sites for hydroxylation is 2. The lowest BCUT2D eigenvalue weighted by Gasteiger charge is -2.11. The Morgan fingerprint density at radius 1 is 1.06 bits per heavy atom. The molecule has 0 unspecified atom stereocenters. The van der Waals surface area contributed by atoms with Crippen LogP contribution in [0.4, 0.5) is 5.95 Å². The summed E-state index contributed by atoms with van der Waals surface area (Å²) in [7, 11) is 0. The number of hydrogen-bond acceptors (Lipinski definition) is 6. The Morgan fingerprint density at radius 3 is 2.69 bits per heavy atom. The van der Waals surface area contributed by atoms with Crippen molar-refractivity contribution in [2.24, 2.45) is 0 Å². The molecular formula is C27H26N6O3. The number of hydrogen-bond donors (Lipinski definition) is 2. The predicted molar refractivity (Wildman–Crippen MR) is 139 cm³/mol. The number of aromatic amines is 1. The molecule has 5 aromatic rings. The molecule has 0 atom stereocenters. The van der Waals surface area contributed by atoms with E-state index in [0.717, 1.165) is 23.1 Å². The Labute approximate surface area is 207 Å². The number of carbonyl (C=O) groups excluding carboxylic acids is 1. The number of aromatic nitrogens is 5. The van der Waals surface area contributed by atoms with Gasteiger partial charge in [0.25, 0.3) is 11.5 Å². The molecule has 2 N–H and O–H groups in total. The lowest BCUT2D eigenvalue weighted by atomic mass is 10.0. The van der Waals surface area contributed by atoms with Gasteiger partial charge >= 0.3 is 0 Å². The van der Waals surface area contributed by atoms with E-state index in [9.17, 15) is 9.59 Å². The van der Waals surface area contributed by atoms with Gasteiger partial charge in [-0.1, -0.05) is 12.1 Å². The van der Waals surface area contributed by atoms with Crippen LogP contribution in [0.15, 0.2) is 65.7 Å². The fraction of sp³-hybridized carbons (Fsp3) is 0.222. The molecule has 2 aromatic carbocycles. The number of anilines is 1. The number of imidazole rings is 1. The maximum Gasteiger partial charge on any atom is 0.269 e. The smallest absolute Gasteiger partial charge is 0.269 e. The van der Waals surface area contributed by atoms with Gasteiger partial charge in [0, 0.05) is 37.7 Å². The maximum absolute atomic E-state index is 13.3. The molecule has 0 radical (unpaired) electrons. The Morgan fingerprint density at radius 2 is 1.89 bits per heavy atom. The van der Waals surface area contributed by atoms with Crippen LogP contribution in [-0.4, -0.2) is 43.6 Å². The molecule has 0 fully saturated rings. The van der Waals surface area contributed by atoms with E-state index in [1.54, 1.807) is 31.5 Å². The van der Waals surface area contributed by atoms with Crippen molar-refractivity contribution in [1.29, 1.82) is 0 Å². The lowest BCUT2D eigenvalue weighted by molar-refractivity contribution is 0.102. The van der Waals surface area contributed by atoms with Gasteiger partial charge in [-0.15, -0.1) is 0 Å². The molecule has 0 aliphatic rings. The van der Waals surface area contributed by atoms with E-state index in [4.69, 9.17) is 9.72 Å². The third kappa shape index (κ3) is 4.73. The van der Waals surface area contributed by atoms with Crippen molar-refractivity contribution in [3.63, 3.8) is 0 Å². The van der Waals surface area contributed by atoms with Gasteiger partial charge in [-0.2, -0.15) is 0 Å². The normalized spacial score (nSPS) is 11.3. The topological polar surface area (TPSA) is 115 Å². The maximum atomic E-state index is 13.3. The number of rotatable bonds is 8. The van der Waals surface area contributed by atoms with Crippen molar-refractivity contribution in [2.45, 2.75) is 26.8 Å². The van der Waals surface area contributed by atoms with Gasteiger partial charge in [0.1, 0.15) is 5.69 Å².